The van der Waals surface area contributed by atoms with Crippen LogP contribution in [0.3, 0.4) is 0 Å². The molecular formula is C9H15NO4S. The molecule has 1 rings (SSSR count). The van der Waals surface area contributed by atoms with Crippen molar-refractivity contribution in [1.82, 2.24) is 4.31 Å². The molecule has 15 heavy (non-hydrogen) atoms. The van der Waals surface area contributed by atoms with E-state index < -0.39 is 10.0 Å². The highest BCUT2D eigenvalue weighted by Crippen LogP contribution is 2.09. The smallest absolute Gasteiger partial charge is 0.211 e. The minimum Gasteiger partial charge on any atom is -0.468 e. The predicted molar refractivity (Wildman–Crippen MR) is 55.7 cm³/mol. The lowest BCUT2D eigenvalue weighted by Gasteiger charge is -2.17. The maximum atomic E-state index is 11.4. The second-order valence-electron chi connectivity index (χ2n) is 3.25. The number of rotatable bonds is 6. The predicted octanol–water partition coefficient (Wildman–Crippen LogP) is 0.424. The standard InChI is InChI=1S/C9H15NO4S/c1-15(12,13)10(5-3-6-11)8-9-4-2-7-14-9/h2,4,7,11H,3,5-6,8H2,1H3. The van der Waals surface area contributed by atoms with E-state index in [0.29, 0.717) is 18.7 Å². The summed E-state index contributed by atoms with van der Waals surface area (Å²) in [5.74, 6) is 0.596. The van der Waals surface area contributed by atoms with Crippen molar-refractivity contribution in [3.63, 3.8) is 0 Å². The first-order chi connectivity index (χ1) is 7.04. The van der Waals surface area contributed by atoms with Crippen LogP contribution in [0.2, 0.25) is 0 Å². The van der Waals surface area contributed by atoms with Crippen LogP contribution in [0.1, 0.15) is 12.2 Å². The first kappa shape index (κ1) is 12.2. The molecule has 1 aromatic rings. The molecule has 0 aliphatic carbocycles. The van der Waals surface area contributed by atoms with Crippen molar-refractivity contribution in [2.75, 3.05) is 19.4 Å². The Hall–Kier alpha value is -0.850. The maximum Gasteiger partial charge on any atom is 0.211 e. The number of nitrogens with zero attached hydrogens (tertiary/aromatic N) is 1. The highest BCUT2D eigenvalue weighted by molar-refractivity contribution is 7.88. The number of hydrogen-bond acceptors (Lipinski definition) is 4. The van der Waals surface area contributed by atoms with E-state index in [1.54, 1.807) is 12.1 Å². The molecule has 0 spiro atoms. The molecule has 0 bridgehead atoms. The van der Waals surface area contributed by atoms with Gasteiger partial charge >= 0.3 is 0 Å². The van der Waals surface area contributed by atoms with Crippen molar-refractivity contribution in [3.05, 3.63) is 24.2 Å². The molecule has 0 atom stereocenters. The monoisotopic (exact) mass is 233 g/mol. The molecule has 0 fully saturated rings. The summed E-state index contributed by atoms with van der Waals surface area (Å²) in [4.78, 5) is 0. The van der Waals surface area contributed by atoms with Crippen molar-refractivity contribution in [2.24, 2.45) is 0 Å². The van der Waals surface area contributed by atoms with Crippen LogP contribution in [0, 0.1) is 0 Å². The minimum atomic E-state index is -3.25. The van der Waals surface area contributed by atoms with Crippen LogP contribution < -0.4 is 0 Å². The van der Waals surface area contributed by atoms with Crippen LogP contribution in [-0.2, 0) is 16.6 Å². The van der Waals surface area contributed by atoms with Gasteiger partial charge in [0.25, 0.3) is 0 Å². The van der Waals surface area contributed by atoms with Gasteiger partial charge in [0.1, 0.15) is 5.76 Å². The average molecular weight is 233 g/mol. The quantitative estimate of drug-likeness (QED) is 0.773. The molecule has 0 saturated heterocycles. The second-order valence-corrected chi connectivity index (χ2v) is 5.24. The number of furan rings is 1. The van der Waals surface area contributed by atoms with Gasteiger partial charge in [-0.05, 0) is 18.6 Å². The van der Waals surface area contributed by atoms with Crippen LogP contribution in [-0.4, -0.2) is 37.2 Å². The van der Waals surface area contributed by atoms with Crippen molar-refractivity contribution in [2.45, 2.75) is 13.0 Å². The molecule has 0 aliphatic rings. The topological polar surface area (TPSA) is 70.8 Å². The molecule has 0 aliphatic heterocycles. The normalized spacial score (nSPS) is 12.2. The lowest BCUT2D eigenvalue weighted by atomic mass is 10.4. The van der Waals surface area contributed by atoms with Crippen LogP contribution in [0.5, 0.6) is 0 Å². The molecule has 6 heteroatoms. The maximum absolute atomic E-state index is 11.4. The van der Waals surface area contributed by atoms with E-state index in [1.807, 2.05) is 0 Å². The molecule has 0 unspecified atom stereocenters. The van der Waals surface area contributed by atoms with Crippen LogP contribution in [0.15, 0.2) is 22.8 Å². The molecule has 0 radical (unpaired) electrons. The van der Waals surface area contributed by atoms with Crippen LogP contribution in [0.4, 0.5) is 0 Å². The third kappa shape index (κ3) is 4.03. The highest BCUT2D eigenvalue weighted by atomic mass is 32.2. The Morgan fingerprint density at radius 3 is 2.73 bits per heavy atom. The summed E-state index contributed by atoms with van der Waals surface area (Å²) in [5.41, 5.74) is 0. The van der Waals surface area contributed by atoms with Gasteiger partial charge in [0, 0.05) is 13.2 Å². The molecular weight excluding hydrogens is 218 g/mol. The summed E-state index contributed by atoms with van der Waals surface area (Å²) < 4.78 is 29.1. The van der Waals surface area contributed by atoms with E-state index in [-0.39, 0.29) is 13.2 Å². The zero-order chi connectivity index (χ0) is 11.3. The lowest BCUT2D eigenvalue weighted by Crippen LogP contribution is -2.30. The Morgan fingerprint density at radius 1 is 1.53 bits per heavy atom. The Labute approximate surface area is 89.4 Å². The first-order valence-corrected chi connectivity index (χ1v) is 6.47. The largest absolute Gasteiger partial charge is 0.468 e. The fraction of sp³-hybridized carbons (Fsp3) is 0.556. The van der Waals surface area contributed by atoms with Gasteiger partial charge in [-0.2, -0.15) is 4.31 Å². The summed E-state index contributed by atoms with van der Waals surface area (Å²) in [7, 11) is -3.25. The molecule has 5 nitrogen and oxygen atoms in total. The number of aliphatic hydroxyl groups is 1. The van der Waals surface area contributed by atoms with E-state index >= 15 is 0 Å². The van der Waals surface area contributed by atoms with Crippen molar-refractivity contribution in [1.29, 1.82) is 0 Å². The van der Waals surface area contributed by atoms with Gasteiger partial charge in [0.15, 0.2) is 0 Å². The summed E-state index contributed by atoms with van der Waals surface area (Å²) in [6.45, 7) is 0.492. The lowest BCUT2D eigenvalue weighted by molar-refractivity contribution is 0.263. The molecule has 1 aromatic heterocycles. The van der Waals surface area contributed by atoms with E-state index in [2.05, 4.69) is 0 Å². The van der Waals surface area contributed by atoms with E-state index in [1.165, 1.54) is 10.6 Å². The molecule has 86 valence electrons. The van der Waals surface area contributed by atoms with E-state index in [9.17, 15) is 8.42 Å². The van der Waals surface area contributed by atoms with Gasteiger partial charge in [-0.15, -0.1) is 0 Å². The number of aliphatic hydroxyl groups excluding tert-OH is 1. The van der Waals surface area contributed by atoms with Gasteiger partial charge in [-0.3, -0.25) is 0 Å². The molecule has 0 aromatic carbocycles. The second kappa shape index (κ2) is 5.29. The fourth-order valence-corrected chi connectivity index (χ4v) is 2.01. The first-order valence-electron chi connectivity index (χ1n) is 4.62. The van der Waals surface area contributed by atoms with Gasteiger partial charge < -0.3 is 9.52 Å². The van der Waals surface area contributed by atoms with Gasteiger partial charge in [-0.25, -0.2) is 8.42 Å². The average Bonchev–Trinajstić information content (AvgIpc) is 2.62. The van der Waals surface area contributed by atoms with Gasteiger partial charge in [0.05, 0.1) is 19.1 Å². The minimum absolute atomic E-state index is 0.0236. The SMILES string of the molecule is CS(=O)(=O)N(CCCO)Cc1ccco1. The Balaban J connectivity index is 2.65. The molecule has 1 N–H and O–H groups in total. The third-order valence-corrected chi connectivity index (χ3v) is 3.20. The van der Waals surface area contributed by atoms with Crippen molar-refractivity contribution >= 4 is 10.0 Å². The third-order valence-electron chi connectivity index (χ3n) is 1.95. The van der Waals surface area contributed by atoms with Crippen LogP contribution >= 0.6 is 0 Å². The van der Waals surface area contributed by atoms with Gasteiger partial charge in [0.2, 0.25) is 10.0 Å². The van der Waals surface area contributed by atoms with Crippen molar-refractivity contribution in [3.8, 4) is 0 Å². The Bertz CT molecular complexity index is 371. The van der Waals surface area contributed by atoms with Crippen LogP contribution in [0.25, 0.3) is 0 Å². The summed E-state index contributed by atoms with van der Waals surface area (Å²) in [6, 6.07) is 3.43. The van der Waals surface area contributed by atoms with Gasteiger partial charge in [-0.1, -0.05) is 0 Å². The Kier molecular flexibility index (Phi) is 4.31. The zero-order valence-corrected chi connectivity index (χ0v) is 9.40. The summed E-state index contributed by atoms with van der Waals surface area (Å²) in [6.07, 6.45) is 3.07. The summed E-state index contributed by atoms with van der Waals surface area (Å²) in [5, 5.41) is 8.66. The van der Waals surface area contributed by atoms with E-state index in [4.69, 9.17) is 9.52 Å². The Morgan fingerprint density at radius 2 is 2.27 bits per heavy atom. The molecule has 1 heterocycles. The molecule has 0 saturated carbocycles. The molecule has 0 amide bonds. The van der Waals surface area contributed by atoms with Crippen molar-refractivity contribution < 1.29 is 17.9 Å². The fourth-order valence-electron chi connectivity index (χ4n) is 1.19. The number of hydrogen-bond donors (Lipinski definition) is 1. The van der Waals surface area contributed by atoms with E-state index in [0.717, 1.165) is 6.26 Å². The zero-order valence-electron chi connectivity index (χ0n) is 8.59. The highest BCUT2D eigenvalue weighted by Gasteiger charge is 2.17. The summed E-state index contributed by atoms with van der Waals surface area (Å²) >= 11 is 0. The number of sulfonamides is 1.